The summed E-state index contributed by atoms with van der Waals surface area (Å²) < 4.78 is 0. The summed E-state index contributed by atoms with van der Waals surface area (Å²) in [4.78, 5) is 20.4. The average Bonchev–Trinajstić information content (AvgIpc) is 3.34. The van der Waals surface area contributed by atoms with Gasteiger partial charge in [-0.3, -0.25) is 9.89 Å². The summed E-state index contributed by atoms with van der Waals surface area (Å²) >= 11 is 13.2. The number of benzene rings is 2. The van der Waals surface area contributed by atoms with Gasteiger partial charge in [0.05, 0.1) is 37.9 Å². The molecule has 7 nitrogen and oxygen atoms in total. The Hall–Kier alpha value is -3.65. The Bertz CT molecular complexity index is 1630. The van der Waals surface area contributed by atoms with E-state index in [4.69, 9.17) is 28.2 Å². The lowest BCUT2D eigenvalue weighted by Crippen LogP contribution is -2.13. The van der Waals surface area contributed by atoms with Crippen LogP contribution in [0.2, 0.25) is 10.0 Å². The van der Waals surface area contributed by atoms with E-state index in [2.05, 4.69) is 20.5 Å². The van der Waals surface area contributed by atoms with E-state index in [1.54, 1.807) is 50.5 Å². The van der Waals surface area contributed by atoms with E-state index >= 15 is 0 Å². The summed E-state index contributed by atoms with van der Waals surface area (Å²) in [6.45, 7) is 3.39. The molecule has 0 saturated heterocycles. The van der Waals surface area contributed by atoms with E-state index in [0.717, 1.165) is 16.8 Å². The van der Waals surface area contributed by atoms with E-state index in [1.165, 1.54) is 0 Å². The number of aliphatic hydroxyl groups is 1. The molecular formula is C26H21Cl2N5O2. The molecule has 0 atom stereocenters. The summed E-state index contributed by atoms with van der Waals surface area (Å²) in [6, 6.07) is 12.8. The Kier molecular flexibility index (Phi) is 5.84. The van der Waals surface area contributed by atoms with E-state index in [1.807, 2.05) is 30.3 Å². The molecule has 176 valence electrons. The second kappa shape index (κ2) is 8.85. The van der Waals surface area contributed by atoms with Gasteiger partial charge in [0.25, 0.3) is 5.56 Å². The van der Waals surface area contributed by atoms with E-state index in [0.29, 0.717) is 43.2 Å². The number of nitrogens with one attached hydrogen (secondary N) is 3. The maximum absolute atomic E-state index is 12.9. The van der Waals surface area contributed by atoms with Gasteiger partial charge in [0.1, 0.15) is 5.82 Å². The highest BCUT2D eigenvalue weighted by Gasteiger charge is 2.16. The van der Waals surface area contributed by atoms with Crippen LogP contribution in [0.15, 0.2) is 65.7 Å². The summed E-state index contributed by atoms with van der Waals surface area (Å²) in [5, 5.41) is 22.7. The fourth-order valence-corrected chi connectivity index (χ4v) is 4.44. The molecule has 0 aliphatic rings. The molecule has 5 rings (SSSR count). The van der Waals surface area contributed by atoms with Crippen molar-refractivity contribution in [3.63, 3.8) is 0 Å². The lowest BCUT2D eigenvalue weighted by molar-refractivity contribution is 0.134. The molecule has 0 aliphatic heterocycles. The number of aromatic amines is 2. The minimum atomic E-state index is -0.952. The second-order valence-corrected chi connectivity index (χ2v) is 9.54. The SMILES string of the molecule is CC(C)(O)C=Cc1ccc2nc(Nc3c(Cl)cc(-c4ccn[nH]4)cc3Cl)c3cc[nH]c(=O)c3c2c1. The number of rotatable bonds is 5. The molecule has 3 aromatic heterocycles. The van der Waals surface area contributed by atoms with E-state index in [-0.39, 0.29) is 5.56 Å². The van der Waals surface area contributed by atoms with Crippen molar-refractivity contribution in [3.8, 4) is 11.3 Å². The summed E-state index contributed by atoms with van der Waals surface area (Å²) in [5.41, 5.74) is 2.33. The van der Waals surface area contributed by atoms with Crippen LogP contribution in [0.4, 0.5) is 11.5 Å². The van der Waals surface area contributed by atoms with Crippen molar-refractivity contribution in [3.05, 3.63) is 86.9 Å². The third-order valence-electron chi connectivity index (χ3n) is 5.52. The highest BCUT2D eigenvalue weighted by Crippen LogP contribution is 2.38. The number of aromatic nitrogens is 4. The van der Waals surface area contributed by atoms with Crippen molar-refractivity contribution in [2.24, 2.45) is 0 Å². The first-order chi connectivity index (χ1) is 16.7. The average molecular weight is 506 g/mol. The number of halogens is 2. The molecule has 0 spiro atoms. The maximum Gasteiger partial charge on any atom is 0.256 e. The van der Waals surface area contributed by atoms with E-state index in [9.17, 15) is 9.90 Å². The third-order valence-corrected chi connectivity index (χ3v) is 6.12. The molecule has 9 heteroatoms. The molecular weight excluding hydrogens is 485 g/mol. The second-order valence-electron chi connectivity index (χ2n) is 8.73. The van der Waals surface area contributed by atoms with Crippen LogP contribution < -0.4 is 10.9 Å². The zero-order chi connectivity index (χ0) is 24.7. The lowest BCUT2D eigenvalue weighted by atomic mass is 10.0. The van der Waals surface area contributed by atoms with Gasteiger partial charge in [-0.05, 0) is 55.8 Å². The van der Waals surface area contributed by atoms with Crippen LogP contribution in [0.3, 0.4) is 0 Å². The number of hydrogen-bond donors (Lipinski definition) is 4. The molecule has 0 amide bonds. The van der Waals surface area contributed by atoms with Crippen LogP contribution in [0.1, 0.15) is 19.4 Å². The van der Waals surface area contributed by atoms with Crippen molar-refractivity contribution in [1.82, 2.24) is 20.2 Å². The van der Waals surface area contributed by atoms with Gasteiger partial charge in [-0.1, -0.05) is 41.4 Å². The minimum absolute atomic E-state index is 0.242. The van der Waals surface area contributed by atoms with Gasteiger partial charge < -0.3 is 15.4 Å². The van der Waals surface area contributed by atoms with Crippen molar-refractivity contribution < 1.29 is 5.11 Å². The Labute approximate surface area is 210 Å². The van der Waals surface area contributed by atoms with Crippen molar-refractivity contribution in [2.75, 3.05) is 5.32 Å². The topological polar surface area (TPSA) is 107 Å². The normalized spacial score (nSPS) is 12.1. The summed E-state index contributed by atoms with van der Waals surface area (Å²) in [5.74, 6) is 0.455. The molecule has 5 aromatic rings. The van der Waals surface area contributed by atoms with Crippen molar-refractivity contribution in [2.45, 2.75) is 19.4 Å². The highest BCUT2D eigenvalue weighted by molar-refractivity contribution is 6.39. The van der Waals surface area contributed by atoms with Crippen molar-refractivity contribution >= 4 is 62.5 Å². The Morgan fingerprint density at radius 3 is 2.51 bits per heavy atom. The van der Waals surface area contributed by atoms with Crippen LogP contribution >= 0.6 is 23.2 Å². The van der Waals surface area contributed by atoms with Crippen LogP contribution in [-0.2, 0) is 0 Å². The summed E-state index contributed by atoms with van der Waals surface area (Å²) in [6.07, 6.45) is 6.74. The standard InChI is InChI=1S/C26H21Cl2N5O2/c1-26(2,35)8-5-14-3-4-21-17(11-14)22-16(6-9-29-25(22)34)24(31-21)32-23-18(27)12-15(13-19(23)28)20-7-10-30-33-20/h3-13,35H,1-2H3,(H,29,34)(H,30,33)(H,31,32). The molecule has 0 aliphatic carbocycles. The van der Waals surface area contributed by atoms with Gasteiger partial charge >= 0.3 is 0 Å². The smallest absolute Gasteiger partial charge is 0.256 e. The number of H-pyrrole nitrogens is 2. The van der Waals surface area contributed by atoms with Crippen LogP contribution in [-0.4, -0.2) is 30.9 Å². The highest BCUT2D eigenvalue weighted by atomic mass is 35.5. The Morgan fingerprint density at radius 2 is 1.83 bits per heavy atom. The monoisotopic (exact) mass is 505 g/mol. The molecule has 0 unspecified atom stereocenters. The first kappa shape index (κ1) is 23.1. The minimum Gasteiger partial charge on any atom is -0.386 e. The zero-order valence-corrected chi connectivity index (χ0v) is 20.4. The Balaban J connectivity index is 1.64. The van der Waals surface area contributed by atoms with Gasteiger partial charge in [0, 0.05) is 28.7 Å². The lowest BCUT2D eigenvalue weighted by Gasteiger charge is -2.15. The van der Waals surface area contributed by atoms with Gasteiger partial charge in [0.2, 0.25) is 0 Å². The quantitative estimate of drug-likeness (QED) is 0.209. The molecule has 2 aromatic carbocycles. The van der Waals surface area contributed by atoms with Crippen LogP contribution in [0.5, 0.6) is 0 Å². The molecule has 3 heterocycles. The Morgan fingerprint density at radius 1 is 1.06 bits per heavy atom. The van der Waals surface area contributed by atoms with E-state index < -0.39 is 5.60 Å². The van der Waals surface area contributed by atoms with Crippen molar-refractivity contribution in [1.29, 1.82) is 0 Å². The maximum atomic E-state index is 12.9. The molecule has 0 fully saturated rings. The van der Waals surface area contributed by atoms with Gasteiger partial charge in [-0.25, -0.2) is 4.98 Å². The van der Waals surface area contributed by atoms with Gasteiger partial charge in [-0.2, -0.15) is 5.10 Å². The fourth-order valence-electron chi connectivity index (χ4n) is 3.86. The molecule has 0 saturated carbocycles. The molecule has 0 bridgehead atoms. The summed E-state index contributed by atoms with van der Waals surface area (Å²) in [7, 11) is 0. The zero-order valence-electron chi connectivity index (χ0n) is 18.9. The first-order valence-corrected chi connectivity index (χ1v) is 11.6. The van der Waals surface area contributed by atoms with Crippen LogP contribution in [0.25, 0.3) is 39.0 Å². The predicted octanol–water partition coefficient (Wildman–Crippen LogP) is 6.30. The van der Waals surface area contributed by atoms with Gasteiger partial charge in [0.15, 0.2) is 0 Å². The predicted molar refractivity (Wildman–Crippen MR) is 143 cm³/mol. The first-order valence-electron chi connectivity index (χ1n) is 10.8. The molecule has 0 radical (unpaired) electrons. The number of hydrogen-bond acceptors (Lipinski definition) is 5. The number of fused-ring (bicyclic) bond motifs is 3. The molecule has 35 heavy (non-hydrogen) atoms. The number of anilines is 2. The van der Waals surface area contributed by atoms with Crippen LogP contribution in [0, 0.1) is 0 Å². The number of pyridine rings is 2. The fraction of sp³-hybridized carbons (Fsp3) is 0.115. The largest absolute Gasteiger partial charge is 0.386 e. The number of nitrogens with zero attached hydrogens (tertiary/aromatic N) is 2. The third kappa shape index (κ3) is 4.66. The molecule has 4 N–H and O–H groups in total. The van der Waals surface area contributed by atoms with Gasteiger partial charge in [-0.15, -0.1) is 0 Å².